The van der Waals surface area contributed by atoms with Gasteiger partial charge in [-0.15, -0.1) is 0 Å². The van der Waals surface area contributed by atoms with E-state index in [1.54, 1.807) is 25.3 Å². The van der Waals surface area contributed by atoms with Gasteiger partial charge >= 0.3 is 0 Å². The van der Waals surface area contributed by atoms with Gasteiger partial charge in [-0.05, 0) is 31.4 Å². The van der Waals surface area contributed by atoms with Gasteiger partial charge in [0.1, 0.15) is 11.5 Å². The molecule has 26 heavy (non-hydrogen) atoms. The molecule has 0 bridgehead atoms. The summed E-state index contributed by atoms with van der Waals surface area (Å²) in [5.41, 5.74) is 0.551. The van der Waals surface area contributed by atoms with Gasteiger partial charge in [-0.3, -0.25) is 4.79 Å². The van der Waals surface area contributed by atoms with Gasteiger partial charge in [0.15, 0.2) is 0 Å². The van der Waals surface area contributed by atoms with Gasteiger partial charge in [-0.2, -0.15) is 0 Å². The minimum atomic E-state index is -3.21. The molecule has 1 heterocycles. The molecule has 0 atom stereocenters. The first-order valence-electron chi connectivity index (χ1n) is 8.92. The molecule has 7 nitrogen and oxygen atoms in total. The molecule has 0 aliphatic carbocycles. The predicted molar refractivity (Wildman–Crippen MR) is 101 cm³/mol. The zero-order valence-corrected chi connectivity index (χ0v) is 16.5. The number of amides is 1. The van der Waals surface area contributed by atoms with Crippen LogP contribution in [0.1, 0.15) is 32.6 Å². The summed E-state index contributed by atoms with van der Waals surface area (Å²) in [5, 5.41) is 2.88. The van der Waals surface area contributed by atoms with E-state index in [0.29, 0.717) is 49.5 Å². The van der Waals surface area contributed by atoms with Crippen molar-refractivity contribution >= 4 is 21.6 Å². The van der Waals surface area contributed by atoms with E-state index >= 15 is 0 Å². The van der Waals surface area contributed by atoms with Crippen molar-refractivity contribution in [3.63, 3.8) is 0 Å². The van der Waals surface area contributed by atoms with Gasteiger partial charge in [-0.25, -0.2) is 12.7 Å². The third kappa shape index (κ3) is 5.11. The Kier molecular flexibility index (Phi) is 7.28. The zero-order valence-electron chi connectivity index (χ0n) is 15.7. The Morgan fingerprint density at radius 3 is 2.50 bits per heavy atom. The molecule has 8 heteroatoms. The Balaban J connectivity index is 1.97. The lowest BCUT2D eigenvalue weighted by Crippen LogP contribution is -2.42. The van der Waals surface area contributed by atoms with E-state index in [0.717, 1.165) is 6.42 Å². The second-order valence-corrected chi connectivity index (χ2v) is 8.49. The zero-order chi connectivity index (χ0) is 19.2. The average Bonchev–Trinajstić information content (AvgIpc) is 2.66. The van der Waals surface area contributed by atoms with Gasteiger partial charge in [-0.1, -0.05) is 13.3 Å². The highest BCUT2D eigenvalue weighted by atomic mass is 32.2. The summed E-state index contributed by atoms with van der Waals surface area (Å²) in [5.74, 6) is 1.02. The molecule has 1 fully saturated rings. The van der Waals surface area contributed by atoms with Crippen LogP contribution < -0.4 is 14.8 Å². The lowest BCUT2D eigenvalue weighted by molar-refractivity contribution is -0.120. The largest absolute Gasteiger partial charge is 0.497 e. The van der Waals surface area contributed by atoms with Crippen molar-refractivity contribution in [3.8, 4) is 11.5 Å². The van der Waals surface area contributed by atoms with E-state index in [9.17, 15) is 13.2 Å². The molecule has 1 aliphatic heterocycles. The number of benzene rings is 1. The van der Waals surface area contributed by atoms with Crippen molar-refractivity contribution < 1.29 is 22.7 Å². The Morgan fingerprint density at radius 1 is 1.23 bits per heavy atom. The number of carbonyl (C=O) groups excluding carboxylic acids is 1. The van der Waals surface area contributed by atoms with Gasteiger partial charge in [0.25, 0.3) is 0 Å². The van der Waals surface area contributed by atoms with Crippen LogP contribution in [0.4, 0.5) is 5.69 Å². The number of rotatable bonds is 8. The Labute approximate surface area is 155 Å². The summed E-state index contributed by atoms with van der Waals surface area (Å²) in [6.07, 6.45) is 2.55. The maximum absolute atomic E-state index is 12.6. The van der Waals surface area contributed by atoms with E-state index in [-0.39, 0.29) is 17.6 Å². The Bertz CT molecular complexity index is 712. The molecule has 1 amide bonds. The number of hydrogen-bond acceptors (Lipinski definition) is 5. The molecule has 0 unspecified atom stereocenters. The van der Waals surface area contributed by atoms with E-state index in [1.165, 1.54) is 11.4 Å². The van der Waals surface area contributed by atoms with Crippen LogP contribution in [0.15, 0.2) is 18.2 Å². The SMILES string of the molecule is CCCCS(=O)(=O)N1CCC(C(=O)Nc2cc(OC)ccc2OC)CC1. The molecule has 0 aromatic heterocycles. The normalized spacial score (nSPS) is 16.3. The molecule has 2 rings (SSSR count). The highest BCUT2D eigenvalue weighted by molar-refractivity contribution is 7.89. The summed E-state index contributed by atoms with van der Waals surface area (Å²) in [7, 11) is -0.112. The second-order valence-electron chi connectivity index (χ2n) is 6.40. The first kappa shape index (κ1) is 20.5. The number of unbranched alkanes of at least 4 members (excludes halogenated alkanes) is 1. The predicted octanol–water partition coefficient (Wildman–Crippen LogP) is 2.48. The van der Waals surface area contributed by atoms with Crippen LogP contribution in [0, 0.1) is 5.92 Å². The summed E-state index contributed by atoms with van der Waals surface area (Å²) >= 11 is 0. The van der Waals surface area contributed by atoms with Crippen LogP contribution in [0.3, 0.4) is 0 Å². The number of hydrogen-bond donors (Lipinski definition) is 1. The quantitative estimate of drug-likeness (QED) is 0.744. The maximum atomic E-state index is 12.6. The molecule has 1 saturated heterocycles. The molecular weight excluding hydrogens is 356 g/mol. The van der Waals surface area contributed by atoms with Crippen LogP contribution in [0.25, 0.3) is 0 Å². The van der Waals surface area contributed by atoms with E-state index < -0.39 is 10.0 Å². The van der Waals surface area contributed by atoms with Crippen LogP contribution >= 0.6 is 0 Å². The number of anilines is 1. The first-order valence-corrected chi connectivity index (χ1v) is 10.5. The van der Waals surface area contributed by atoms with Crippen molar-refractivity contribution in [1.29, 1.82) is 0 Å². The number of nitrogens with one attached hydrogen (secondary N) is 1. The summed E-state index contributed by atoms with van der Waals surface area (Å²) in [6.45, 7) is 2.75. The third-order valence-electron chi connectivity index (χ3n) is 4.64. The lowest BCUT2D eigenvalue weighted by Gasteiger charge is -2.30. The number of ether oxygens (including phenoxy) is 2. The minimum Gasteiger partial charge on any atom is -0.497 e. The van der Waals surface area contributed by atoms with Gasteiger partial charge < -0.3 is 14.8 Å². The highest BCUT2D eigenvalue weighted by Crippen LogP contribution is 2.30. The molecule has 1 aromatic carbocycles. The number of piperidine rings is 1. The van der Waals surface area contributed by atoms with Gasteiger partial charge in [0, 0.05) is 25.1 Å². The molecule has 1 aliphatic rings. The summed E-state index contributed by atoms with van der Waals surface area (Å²) in [6, 6.07) is 5.20. The smallest absolute Gasteiger partial charge is 0.227 e. The Hall–Kier alpha value is -1.80. The number of sulfonamides is 1. The molecule has 1 N–H and O–H groups in total. The monoisotopic (exact) mass is 384 g/mol. The molecular formula is C18H28N2O5S. The number of nitrogens with zero attached hydrogens (tertiary/aromatic N) is 1. The van der Waals surface area contributed by atoms with E-state index in [2.05, 4.69) is 5.32 Å². The number of methoxy groups -OCH3 is 2. The van der Waals surface area contributed by atoms with Gasteiger partial charge in [0.2, 0.25) is 15.9 Å². The second kappa shape index (κ2) is 9.23. The van der Waals surface area contributed by atoms with Crippen LogP contribution in [-0.4, -0.2) is 51.7 Å². The highest BCUT2D eigenvalue weighted by Gasteiger charge is 2.31. The Morgan fingerprint density at radius 2 is 1.92 bits per heavy atom. The molecule has 0 radical (unpaired) electrons. The standard InChI is InChI=1S/C18H28N2O5S/c1-4-5-12-26(22,23)20-10-8-14(9-11-20)18(21)19-16-13-15(24-2)6-7-17(16)25-3/h6-7,13-14H,4-5,8-12H2,1-3H3,(H,19,21). The van der Waals surface area contributed by atoms with Crippen molar-refractivity contribution in [2.24, 2.45) is 5.92 Å². The van der Waals surface area contributed by atoms with Crippen molar-refractivity contribution in [1.82, 2.24) is 4.31 Å². The maximum Gasteiger partial charge on any atom is 0.227 e. The van der Waals surface area contributed by atoms with E-state index in [4.69, 9.17) is 9.47 Å². The van der Waals surface area contributed by atoms with Crippen molar-refractivity contribution in [2.45, 2.75) is 32.6 Å². The molecule has 0 saturated carbocycles. The molecule has 146 valence electrons. The molecule has 1 aromatic rings. The number of carbonyl (C=O) groups is 1. The minimum absolute atomic E-state index is 0.123. The molecule has 0 spiro atoms. The van der Waals surface area contributed by atoms with Crippen molar-refractivity contribution in [2.75, 3.05) is 38.4 Å². The fourth-order valence-corrected chi connectivity index (χ4v) is 4.68. The lowest BCUT2D eigenvalue weighted by atomic mass is 9.97. The summed E-state index contributed by atoms with van der Waals surface area (Å²) in [4.78, 5) is 12.6. The van der Waals surface area contributed by atoms with E-state index in [1.807, 2.05) is 6.92 Å². The van der Waals surface area contributed by atoms with Gasteiger partial charge in [0.05, 0.1) is 25.7 Å². The fourth-order valence-electron chi connectivity index (χ4n) is 3.00. The summed E-state index contributed by atoms with van der Waals surface area (Å²) < 4.78 is 36.5. The first-order chi connectivity index (χ1) is 12.4. The fraction of sp³-hybridized carbons (Fsp3) is 0.611. The van der Waals surface area contributed by atoms with Crippen LogP contribution in [0.5, 0.6) is 11.5 Å². The van der Waals surface area contributed by atoms with Crippen LogP contribution in [0.2, 0.25) is 0 Å². The van der Waals surface area contributed by atoms with Crippen molar-refractivity contribution in [3.05, 3.63) is 18.2 Å². The topological polar surface area (TPSA) is 84.9 Å². The third-order valence-corrected chi connectivity index (χ3v) is 6.59. The average molecular weight is 384 g/mol. The van der Waals surface area contributed by atoms with Crippen LogP contribution in [-0.2, 0) is 14.8 Å².